The van der Waals surface area contributed by atoms with Gasteiger partial charge in [-0.05, 0) is 46.2 Å². The van der Waals surface area contributed by atoms with Gasteiger partial charge in [-0.2, -0.15) is 0 Å². The second-order valence-corrected chi connectivity index (χ2v) is 3.39. The van der Waals surface area contributed by atoms with Gasteiger partial charge in [-0.25, -0.2) is 0 Å². The second-order valence-electron chi connectivity index (χ2n) is 3.39. The van der Waals surface area contributed by atoms with E-state index < -0.39 is 0 Å². The van der Waals surface area contributed by atoms with Crippen molar-refractivity contribution in [3.05, 3.63) is 0 Å². The summed E-state index contributed by atoms with van der Waals surface area (Å²) in [6, 6.07) is 0. The van der Waals surface area contributed by atoms with Crippen molar-refractivity contribution < 1.29 is 4.74 Å². The molecule has 11 heavy (non-hydrogen) atoms. The molecule has 2 heteroatoms. The third-order valence-electron chi connectivity index (χ3n) is 2.28. The zero-order valence-electron chi connectivity index (χ0n) is 7.60. The maximum atomic E-state index is 5.75. The lowest BCUT2D eigenvalue weighted by atomic mass is 9.96. The van der Waals surface area contributed by atoms with Crippen molar-refractivity contribution in [3.63, 3.8) is 0 Å². The molecule has 0 aliphatic heterocycles. The first kappa shape index (κ1) is 9.01. The summed E-state index contributed by atoms with van der Waals surface area (Å²) in [5, 5.41) is 3.13. The molecule has 0 radical (unpaired) electrons. The van der Waals surface area contributed by atoms with Gasteiger partial charge in [0.25, 0.3) is 0 Å². The fourth-order valence-corrected chi connectivity index (χ4v) is 1.25. The summed E-state index contributed by atoms with van der Waals surface area (Å²) in [7, 11) is 1.98. The van der Waals surface area contributed by atoms with Crippen LogP contribution in [0.1, 0.15) is 32.6 Å². The van der Waals surface area contributed by atoms with Crippen molar-refractivity contribution >= 4 is 0 Å². The summed E-state index contributed by atoms with van der Waals surface area (Å²) in [4.78, 5) is 0. The Balaban J connectivity index is 1.95. The van der Waals surface area contributed by atoms with E-state index in [0.717, 1.165) is 13.0 Å². The van der Waals surface area contributed by atoms with E-state index in [1.54, 1.807) is 0 Å². The smallest absolute Gasteiger partial charge is 0.0578 e. The summed E-state index contributed by atoms with van der Waals surface area (Å²) >= 11 is 0. The van der Waals surface area contributed by atoms with Crippen LogP contribution in [0.2, 0.25) is 0 Å². The van der Waals surface area contributed by atoms with Crippen LogP contribution in [0.15, 0.2) is 0 Å². The third-order valence-corrected chi connectivity index (χ3v) is 2.28. The standard InChI is InChI=1S/C9H19NO/c1-8(6-7-10-2)11-9-4-3-5-9/h8-10H,3-7H2,1-2H3. The van der Waals surface area contributed by atoms with Crippen molar-refractivity contribution in [1.29, 1.82) is 0 Å². The van der Waals surface area contributed by atoms with Gasteiger partial charge in [-0.3, -0.25) is 0 Å². The highest BCUT2D eigenvalue weighted by molar-refractivity contribution is 4.70. The molecule has 1 atom stereocenters. The van der Waals surface area contributed by atoms with E-state index in [-0.39, 0.29) is 0 Å². The number of hydrogen-bond donors (Lipinski definition) is 1. The van der Waals surface area contributed by atoms with Crippen LogP contribution in [-0.2, 0) is 4.74 Å². The van der Waals surface area contributed by atoms with Crippen molar-refractivity contribution in [2.24, 2.45) is 0 Å². The molecule has 0 aromatic carbocycles. The Bertz CT molecular complexity index is 102. The summed E-state index contributed by atoms with van der Waals surface area (Å²) in [5.74, 6) is 0. The lowest BCUT2D eigenvalue weighted by Crippen LogP contribution is -2.28. The number of nitrogens with one attached hydrogen (secondary N) is 1. The van der Waals surface area contributed by atoms with E-state index in [4.69, 9.17) is 4.74 Å². The molecule has 1 aliphatic rings. The molecule has 1 saturated carbocycles. The van der Waals surface area contributed by atoms with Gasteiger partial charge in [-0.1, -0.05) is 0 Å². The van der Waals surface area contributed by atoms with Crippen LogP contribution in [0, 0.1) is 0 Å². The Morgan fingerprint density at radius 3 is 2.73 bits per heavy atom. The summed E-state index contributed by atoms with van der Waals surface area (Å²) < 4.78 is 5.75. The zero-order valence-corrected chi connectivity index (χ0v) is 7.60. The van der Waals surface area contributed by atoms with Gasteiger partial charge >= 0.3 is 0 Å². The molecule has 2 nitrogen and oxygen atoms in total. The average molecular weight is 157 g/mol. The Morgan fingerprint density at radius 1 is 1.55 bits per heavy atom. The first-order valence-corrected chi connectivity index (χ1v) is 4.63. The van der Waals surface area contributed by atoms with Crippen LogP contribution in [-0.4, -0.2) is 25.8 Å². The number of ether oxygens (including phenoxy) is 1. The molecular weight excluding hydrogens is 138 g/mol. The Labute approximate surface area is 69.3 Å². The van der Waals surface area contributed by atoms with E-state index in [0.29, 0.717) is 12.2 Å². The van der Waals surface area contributed by atoms with Crippen LogP contribution in [0.4, 0.5) is 0 Å². The fourth-order valence-electron chi connectivity index (χ4n) is 1.25. The van der Waals surface area contributed by atoms with Crippen LogP contribution in [0.3, 0.4) is 0 Å². The number of hydrogen-bond acceptors (Lipinski definition) is 2. The van der Waals surface area contributed by atoms with Crippen molar-refractivity contribution in [1.82, 2.24) is 5.32 Å². The predicted octanol–water partition coefficient (Wildman–Crippen LogP) is 1.55. The van der Waals surface area contributed by atoms with Crippen molar-refractivity contribution in [3.8, 4) is 0 Å². The highest BCUT2D eigenvalue weighted by Gasteiger charge is 2.19. The molecule has 1 N–H and O–H groups in total. The highest BCUT2D eigenvalue weighted by Crippen LogP contribution is 2.23. The van der Waals surface area contributed by atoms with Crippen molar-refractivity contribution in [2.45, 2.75) is 44.8 Å². The SMILES string of the molecule is CNCCC(C)OC1CCC1. The van der Waals surface area contributed by atoms with Gasteiger partial charge in [0.05, 0.1) is 12.2 Å². The molecule has 0 aromatic heterocycles. The minimum Gasteiger partial charge on any atom is -0.375 e. The lowest BCUT2D eigenvalue weighted by Gasteiger charge is -2.28. The molecule has 1 unspecified atom stereocenters. The van der Waals surface area contributed by atoms with Gasteiger partial charge in [0.2, 0.25) is 0 Å². The summed E-state index contributed by atoms with van der Waals surface area (Å²) in [5.41, 5.74) is 0. The maximum Gasteiger partial charge on any atom is 0.0578 e. The zero-order chi connectivity index (χ0) is 8.10. The van der Waals surface area contributed by atoms with Gasteiger partial charge in [0, 0.05) is 0 Å². The minimum atomic E-state index is 0.438. The number of rotatable bonds is 5. The molecule has 0 heterocycles. The second kappa shape index (κ2) is 4.73. The lowest BCUT2D eigenvalue weighted by molar-refractivity contribution is -0.0453. The quantitative estimate of drug-likeness (QED) is 0.654. The predicted molar refractivity (Wildman–Crippen MR) is 46.7 cm³/mol. The summed E-state index contributed by atoms with van der Waals surface area (Å²) in [6.45, 7) is 3.23. The maximum absolute atomic E-state index is 5.75. The molecule has 66 valence electrons. The van der Waals surface area contributed by atoms with E-state index in [2.05, 4.69) is 12.2 Å². The van der Waals surface area contributed by atoms with E-state index in [1.807, 2.05) is 7.05 Å². The molecule has 1 fully saturated rings. The molecule has 0 spiro atoms. The first-order chi connectivity index (χ1) is 5.33. The van der Waals surface area contributed by atoms with Crippen LogP contribution in [0.25, 0.3) is 0 Å². The third kappa shape index (κ3) is 3.21. The van der Waals surface area contributed by atoms with Crippen LogP contribution in [0.5, 0.6) is 0 Å². The average Bonchev–Trinajstić information content (AvgIpc) is 1.93. The Hall–Kier alpha value is -0.0800. The molecule has 0 amide bonds. The van der Waals surface area contributed by atoms with Crippen molar-refractivity contribution in [2.75, 3.05) is 13.6 Å². The van der Waals surface area contributed by atoms with Gasteiger partial charge in [0.1, 0.15) is 0 Å². The van der Waals surface area contributed by atoms with Crippen LogP contribution < -0.4 is 5.32 Å². The molecule has 0 bridgehead atoms. The monoisotopic (exact) mass is 157 g/mol. The summed E-state index contributed by atoms with van der Waals surface area (Å²) in [6.07, 6.45) is 6.08. The molecule has 1 rings (SSSR count). The van der Waals surface area contributed by atoms with Gasteiger partial charge in [0.15, 0.2) is 0 Å². The molecular formula is C9H19NO. The van der Waals surface area contributed by atoms with E-state index in [1.165, 1.54) is 19.3 Å². The van der Waals surface area contributed by atoms with E-state index >= 15 is 0 Å². The normalized spacial score (nSPS) is 21.3. The Kier molecular flexibility index (Phi) is 3.87. The first-order valence-electron chi connectivity index (χ1n) is 4.63. The molecule has 0 saturated heterocycles. The molecule has 1 aliphatic carbocycles. The highest BCUT2D eigenvalue weighted by atomic mass is 16.5. The largest absolute Gasteiger partial charge is 0.375 e. The fraction of sp³-hybridized carbons (Fsp3) is 1.00. The molecule has 0 aromatic rings. The van der Waals surface area contributed by atoms with E-state index in [9.17, 15) is 0 Å². The minimum absolute atomic E-state index is 0.438. The van der Waals surface area contributed by atoms with Crippen LogP contribution >= 0.6 is 0 Å². The topological polar surface area (TPSA) is 21.3 Å². The van der Waals surface area contributed by atoms with Gasteiger partial charge in [-0.15, -0.1) is 0 Å². The Morgan fingerprint density at radius 2 is 2.27 bits per heavy atom. The van der Waals surface area contributed by atoms with Gasteiger partial charge < -0.3 is 10.1 Å².